The molecule has 0 heterocycles. The number of carbonyl (C=O) groups excluding carboxylic acids is 1. The predicted octanol–water partition coefficient (Wildman–Crippen LogP) is 3.63. The average molecular weight is 315 g/mol. The van der Waals surface area contributed by atoms with Crippen LogP contribution in [-0.4, -0.2) is 11.9 Å². The Morgan fingerprint density at radius 1 is 1.59 bits per heavy atom. The molecule has 1 aromatic rings. The lowest BCUT2D eigenvalue weighted by Crippen LogP contribution is -2.34. The highest BCUT2D eigenvalue weighted by Gasteiger charge is 2.12. The van der Waals surface area contributed by atoms with Crippen molar-refractivity contribution in [1.29, 1.82) is 0 Å². The Kier molecular flexibility index (Phi) is 5.54. The molecule has 4 heteroatoms. The van der Waals surface area contributed by atoms with E-state index in [1.165, 1.54) is 0 Å². The lowest BCUT2D eigenvalue weighted by atomic mass is 10.1. The molecule has 17 heavy (non-hydrogen) atoms. The standard InChI is InChI=1S/C13H13BrClNO/c1-3-5-12(4-2)16-13(17)9-6-10(14)8-11(15)7-9/h1,6-8,12H,4-5H2,2H3,(H,16,17). The van der Waals surface area contributed by atoms with Crippen molar-refractivity contribution in [1.82, 2.24) is 5.32 Å². The second-order valence-corrected chi connectivity index (χ2v) is 5.00. The first-order valence-electron chi connectivity index (χ1n) is 5.27. The minimum Gasteiger partial charge on any atom is -0.348 e. The molecular formula is C13H13BrClNO. The minimum atomic E-state index is -0.157. The van der Waals surface area contributed by atoms with Crippen LogP contribution in [-0.2, 0) is 0 Å². The van der Waals surface area contributed by atoms with Crippen LogP contribution >= 0.6 is 27.5 Å². The maximum atomic E-state index is 11.9. The van der Waals surface area contributed by atoms with Crippen LogP contribution in [0.15, 0.2) is 22.7 Å². The van der Waals surface area contributed by atoms with Gasteiger partial charge in [-0.25, -0.2) is 0 Å². The van der Waals surface area contributed by atoms with Gasteiger partial charge in [0.25, 0.3) is 5.91 Å². The summed E-state index contributed by atoms with van der Waals surface area (Å²) in [6.45, 7) is 1.98. The van der Waals surface area contributed by atoms with Crippen molar-refractivity contribution in [2.24, 2.45) is 0 Å². The highest BCUT2D eigenvalue weighted by atomic mass is 79.9. The van der Waals surface area contributed by atoms with E-state index in [0.717, 1.165) is 10.9 Å². The number of terminal acetylenes is 1. The number of rotatable bonds is 4. The molecule has 0 bridgehead atoms. The van der Waals surface area contributed by atoms with Crippen molar-refractivity contribution in [2.45, 2.75) is 25.8 Å². The van der Waals surface area contributed by atoms with Crippen LogP contribution in [0, 0.1) is 12.3 Å². The van der Waals surface area contributed by atoms with E-state index in [4.69, 9.17) is 18.0 Å². The van der Waals surface area contributed by atoms with Crippen LogP contribution < -0.4 is 5.32 Å². The maximum Gasteiger partial charge on any atom is 0.251 e. The lowest BCUT2D eigenvalue weighted by molar-refractivity contribution is 0.0936. The third-order valence-corrected chi connectivity index (χ3v) is 2.99. The van der Waals surface area contributed by atoms with Gasteiger partial charge in [0.1, 0.15) is 0 Å². The monoisotopic (exact) mass is 313 g/mol. The Labute approximate surface area is 115 Å². The molecule has 0 aliphatic rings. The van der Waals surface area contributed by atoms with Crippen LogP contribution in [0.3, 0.4) is 0 Å². The molecule has 2 nitrogen and oxygen atoms in total. The quantitative estimate of drug-likeness (QED) is 0.845. The number of amides is 1. The first-order chi connectivity index (χ1) is 8.06. The van der Waals surface area contributed by atoms with E-state index < -0.39 is 0 Å². The van der Waals surface area contributed by atoms with Gasteiger partial charge in [-0.05, 0) is 24.6 Å². The maximum absolute atomic E-state index is 11.9. The Morgan fingerprint density at radius 3 is 2.82 bits per heavy atom. The first-order valence-corrected chi connectivity index (χ1v) is 6.44. The van der Waals surface area contributed by atoms with E-state index in [2.05, 4.69) is 27.2 Å². The van der Waals surface area contributed by atoms with Gasteiger partial charge in [-0.2, -0.15) is 0 Å². The van der Waals surface area contributed by atoms with Gasteiger partial charge in [-0.1, -0.05) is 34.5 Å². The summed E-state index contributed by atoms with van der Waals surface area (Å²) in [7, 11) is 0. The smallest absolute Gasteiger partial charge is 0.251 e. The summed E-state index contributed by atoms with van der Waals surface area (Å²) in [5.41, 5.74) is 0.528. The molecule has 0 saturated carbocycles. The first kappa shape index (κ1) is 14.1. The molecule has 1 amide bonds. The minimum absolute atomic E-state index is 0.00487. The van der Waals surface area contributed by atoms with Crippen molar-refractivity contribution < 1.29 is 4.79 Å². The SMILES string of the molecule is C#CCC(CC)NC(=O)c1cc(Cl)cc(Br)c1. The second kappa shape index (κ2) is 6.68. The zero-order valence-electron chi connectivity index (χ0n) is 9.47. The number of carbonyl (C=O) groups is 1. The molecule has 0 aliphatic carbocycles. The molecule has 0 fully saturated rings. The Hall–Kier alpha value is -0.980. The molecule has 1 atom stereocenters. The Morgan fingerprint density at radius 2 is 2.29 bits per heavy atom. The number of benzene rings is 1. The van der Waals surface area contributed by atoms with Crippen LogP contribution in [0.25, 0.3) is 0 Å². The van der Waals surface area contributed by atoms with Crippen molar-refractivity contribution in [3.8, 4) is 12.3 Å². The van der Waals surface area contributed by atoms with Crippen molar-refractivity contribution in [3.63, 3.8) is 0 Å². The average Bonchev–Trinajstić information content (AvgIpc) is 2.27. The van der Waals surface area contributed by atoms with Gasteiger partial charge in [0.05, 0.1) is 0 Å². The van der Waals surface area contributed by atoms with Crippen LogP contribution in [0.5, 0.6) is 0 Å². The van der Waals surface area contributed by atoms with Crippen LogP contribution in [0.1, 0.15) is 30.1 Å². The molecule has 1 N–H and O–H groups in total. The highest BCUT2D eigenvalue weighted by Crippen LogP contribution is 2.19. The summed E-state index contributed by atoms with van der Waals surface area (Å²) in [6, 6.07) is 5.09. The molecule has 90 valence electrons. The van der Waals surface area contributed by atoms with Gasteiger partial charge in [0.15, 0.2) is 0 Å². The fraction of sp³-hybridized carbons (Fsp3) is 0.308. The highest BCUT2D eigenvalue weighted by molar-refractivity contribution is 9.10. The topological polar surface area (TPSA) is 29.1 Å². The van der Waals surface area contributed by atoms with Gasteiger partial charge in [0, 0.05) is 27.5 Å². The van der Waals surface area contributed by atoms with Gasteiger partial charge >= 0.3 is 0 Å². The summed E-state index contributed by atoms with van der Waals surface area (Å²) in [6.07, 6.45) is 6.57. The summed E-state index contributed by atoms with van der Waals surface area (Å²) < 4.78 is 0.778. The van der Waals surface area contributed by atoms with E-state index in [0.29, 0.717) is 17.0 Å². The molecule has 0 aliphatic heterocycles. The number of hydrogen-bond acceptors (Lipinski definition) is 1. The summed E-state index contributed by atoms with van der Waals surface area (Å²) in [5, 5.41) is 3.40. The molecule has 0 spiro atoms. The molecule has 1 unspecified atom stereocenters. The zero-order valence-corrected chi connectivity index (χ0v) is 11.8. The fourth-order valence-corrected chi connectivity index (χ4v) is 2.25. The van der Waals surface area contributed by atoms with E-state index in [-0.39, 0.29) is 11.9 Å². The van der Waals surface area contributed by atoms with E-state index in [9.17, 15) is 4.79 Å². The summed E-state index contributed by atoms with van der Waals surface area (Å²) in [4.78, 5) is 11.9. The normalized spacial score (nSPS) is 11.6. The van der Waals surface area contributed by atoms with Crippen molar-refractivity contribution >= 4 is 33.4 Å². The molecule has 0 saturated heterocycles. The van der Waals surface area contributed by atoms with Gasteiger partial charge in [-0.3, -0.25) is 4.79 Å². The van der Waals surface area contributed by atoms with Crippen molar-refractivity contribution in [3.05, 3.63) is 33.3 Å². The van der Waals surface area contributed by atoms with Gasteiger partial charge in [0.2, 0.25) is 0 Å². The number of halogens is 2. The molecular weight excluding hydrogens is 302 g/mol. The molecule has 1 rings (SSSR count). The third-order valence-electron chi connectivity index (χ3n) is 2.32. The van der Waals surface area contributed by atoms with Crippen molar-refractivity contribution in [2.75, 3.05) is 0 Å². The summed E-state index contributed by atoms with van der Waals surface area (Å²) >= 11 is 9.18. The van der Waals surface area contributed by atoms with Crippen LogP contribution in [0.4, 0.5) is 0 Å². The largest absolute Gasteiger partial charge is 0.348 e. The molecule has 0 aromatic heterocycles. The van der Waals surface area contributed by atoms with E-state index in [1.807, 2.05) is 6.92 Å². The summed E-state index contributed by atoms with van der Waals surface area (Å²) in [5.74, 6) is 2.39. The number of hydrogen-bond donors (Lipinski definition) is 1. The molecule has 1 aromatic carbocycles. The van der Waals surface area contributed by atoms with Gasteiger partial charge < -0.3 is 5.32 Å². The molecule has 0 radical (unpaired) electrons. The number of nitrogens with one attached hydrogen (secondary N) is 1. The second-order valence-electron chi connectivity index (χ2n) is 3.65. The lowest BCUT2D eigenvalue weighted by Gasteiger charge is -2.14. The van der Waals surface area contributed by atoms with Crippen LogP contribution in [0.2, 0.25) is 5.02 Å². The zero-order chi connectivity index (χ0) is 12.8. The Bertz CT molecular complexity index is 433. The van der Waals surface area contributed by atoms with Gasteiger partial charge in [-0.15, -0.1) is 12.3 Å². The van der Waals surface area contributed by atoms with E-state index in [1.54, 1.807) is 18.2 Å². The fourth-order valence-electron chi connectivity index (χ4n) is 1.39. The third kappa shape index (κ3) is 4.41. The predicted molar refractivity (Wildman–Crippen MR) is 74.1 cm³/mol. The Balaban J connectivity index is 2.79. The van der Waals surface area contributed by atoms with E-state index >= 15 is 0 Å².